The monoisotopic (exact) mass is 342 g/mol. The zero-order valence-electron chi connectivity index (χ0n) is 13.9. The van der Waals surface area contributed by atoms with Crippen LogP contribution in [0.5, 0.6) is 5.75 Å². The summed E-state index contributed by atoms with van der Waals surface area (Å²) in [6, 6.07) is 12.7. The molecule has 1 aliphatic rings. The molecule has 1 saturated heterocycles. The van der Waals surface area contributed by atoms with Gasteiger partial charge in [-0.25, -0.2) is 4.39 Å². The molecule has 0 radical (unpaired) electrons. The first-order valence-electron chi connectivity index (χ1n) is 8.17. The van der Waals surface area contributed by atoms with Crippen molar-refractivity contribution in [2.45, 2.75) is 25.9 Å². The van der Waals surface area contributed by atoms with Crippen LogP contribution in [0.1, 0.15) is 19.8 Å². The maximum absolute atomic E-state index is 12.9. The lowest BCUT2D eigenvalue weighted by molar-refractivity contribution is -0.122. The number of hydrogen-bond donors (Lipinski definition) is 1. The molecule has 0 aromatic heterocycles. The molecule has 25 heavy (non-hydrogen) atoms. The Balaban J connectivity index is 1.70. The van der Waals surface area contributed by atoms with Gasteiger partial charge in [0.2, 0.25) is 5.91 Å². The lowest BCUT2D eigenvalue weighted by Crippen LogP contribution is -2.31. The Kier molecular flexibility index (Phi) is 4.97. The van der Waals surface area contributed by atoms with E-state index in [9.17, 15) is 14.0 Å². The first-order valence-corrected chi connectivity index (χ1v) is 8.17. The van der Waals surface area contributed by atoms with E-state index in [2.05, 4.69) is 5.32 Å². The van der Waals surface area contributed by atoms with Crippen LogP contribution in [0.15, 0.2) is 48.5 Å². The van der Waals surface area contributed by atoms with Crippen LogP contribution in [0.2, 0.25) is 0 Å². The summed E-state index contributed by atoms with van der Waals surface area (Å²) >= 11 is 0. The van der Waals surface area contributed by atoms with Crippen molar-refractivity contribution >= 4 is 23.2 Å². The Labute approximate surface area is 145 Å². The van der Waals surface area contributed by atoms with E-state index in [4.69, 9.17) is 4.74 Å². The summed E-state index contributed by atoms with van der Waals surface area (Å²) in [5.41, 5.74) is 1.25. The van der Waals surface area contributed by atoms with Gasteiger partial charge in [-0.2, -0.15) is 0 Å². The Morgan fingerprint density at radius 1 is 1.20 bits per heavy atom. The molecule has 0 spiro atoms. The number of rotatable bonds is 5. The average Bonchev–Trinajstić information content (AvgIpc) is 3.03. The summed E-state index contributed by atoms with van der Waals surface area (Å²) in [6.07, 6.45) is 0.560. The largest absolute Gasteiger partial charge is 0.481 e. The van der Waals surface area contributed by atoms with E-state index in [-0.39, 0.29) is 17.6 Å². The second kappa shape index (κ2) is 7.34. The number of hydrogen-bond acceptors (Lipinski definition) is 3. The van der Waals surface area contributed by atoms with Crippen LogP contribution < -0.4 is 15.0 Å². The maximum Gasteiger partial charge on any atom is 0.265 e. The Bertz CT molecular complexity index is 776. The van der Waals surface area contributed by atoms with Gasteiger partial charge < -0.3 is 15.0 Å². The highest BCUT2D eigenvalue weighted by molar-refractivity contribution is 6.03. The molecule has 0 saturated carbocycles. The Morgan fingerprint density at radius 2 is 1.92 bits per heavy atom. The van der Waals surface area contributed by atoms with E-state index in [1.165, 1.54) is 24.3 Å². The smallest absolute Gasteiger partial charge is 0.265 e. The van der Waals surface area contributed by atoms with Gasteiger partial charge in [-0.1, -0.05) is 12.1 Å². The van der Waals surface area contributed by atoms with Gasteiger partial charge in [0.15, 0.2) is 6.10 Å². The maximum atomic E-state index is 12.9. The second-order valence-corrected chi connectivity index (χ2v) is 5.87. The first kappa shape index (κ1) is 17.0. The minimum atomic E-state index is -0.771. The highest BCUT2D eigenvalue weighted by Gasteiger charge is 2.25. The lowest BCUT2D eigenvalue weighted by Gasteiger charge is -2.21. The summed E-state index contributed by atoms with van der Waals surface area (Å²) in [4.78, 5) is 26.1. The third-order valence-electron chi connectivity index (χ3n) is 4.02. The summed E-state index contributed by atoms with van der Waals surface area (Å²) in [5, 5.41) is 2.81. The van der Waals surface area contributed by atoms with Gasteiger partial charge >= 0.3 is 0 Å². The molecule has 0 aliphatic carbocycles. The van der Waals surface area contributed by atoms with Gasteiger partial charge in [0.1, 0.15) is 11.6 Å². The number of halogens is 1. The van der Waals surface area contributed by atoms with E-state index < -0.39 is 6.10 Å². The molecule has 1 atom stereocenters. The van der Waals surface area contributed by atoms with Gasteiger partial charge in [0, 0.05) is 13.0 Å². The molecule has 2 aromatic carbocycles. The van der Waals surface area contributed by atoms with Crippen LogP contribution in [0, 0.1) is 5.82 Å². The van der Waals surface area contributed by atoms with Crippen LogP contribution in [0.3, 0.4) is 0 Å². The molecular weight excluding hydrogens is 323 g/mol. The summed E-state index contributed by atoms with van der Waals surface area (Å²) in [7, 11) is 0. The first-order chi connectivity index (χ1) is 12.0. The fraction of sp³-hybridized carbons (Fsp3) is 0.263. The third-order valence-corrected chi connectivity index (χ3v) is 4.02. The Morgan fingerprint density at radius 3 is 2.60 bits per heavy atom. The van der Waals surface area contributed by atoms with Crippen molar-refractivity contribution in [1.82, 2.24) is 0 Å². The molecule has 1 unspecified atom stereocenters. The van der Waals surface area contributed by atoms with Crippen molar-refractivity contribution < 1.29 is 18.7 Å². The number of carbonyl (C=O) groups excluding carboxylic acids is 2. The zero-order chi connectivity index (χ0) is 17.8. The van der Waals surface area contributed by atoms with Crippen molar-refractivity contribution in [3.8, 4) is 5.75 Å². The zero-order valence-corrected chi connectivity index (χ0v) is 13.9. The van der Waals surface area contributed by atoms with Crippen LogP contribution in [0.25, 0.3) is 0 Å². The van der Waals surface area contributed by atoms with Crippen LogP contribution in [-0.4, -0.2) is 24.5 Å². The number of nitrogens with one attached hydrogen (secondary N) is 1. The van der Waals surface area contributed by atoms with Crippen molar-refractivity contribution in [3.63, 3.8) is 0 Å². The molecule has 6 heteroatoms. The normalized spacial score (nSPS) is 15.1. The molecule has 1 heterocycles. The van der Waals surface area contributed by atoms with Crippen molar-refractivity contribution in [1.29, 1.82) is 0 Å². The second-order valence-electron chi connectivity index (χ2n) is 5.87. The molecule has 0 bridgehead atoms. The number of benzene rings is 2. The molecule has 3 rings (SSSR count). The van der Waals surface area contributed by atoms with Gasteiger partial charge in [-0.05, 0) is 49.7 Å². The SMILES string of the molecule is CC(Oc1ccc(F)cc1)C(=O)Nc1ccccc1N1CCCC1=O. The standard InChI is InChI=1S/C19H19FN2O3/c1-13(25-15-10-8-14(20)9-11-15)19(24)21-16-5-2-3-6-17(16)22-12-4-7-18(22)23/h2-3,5-6,8-11,13H,4,7,12H2,1H3,(H,21,24). The number of ether oxygens (including phenoxy) is 1. The fourth-order valence-corrected chi connectivity index (χ4v) is 2.72. The van der Waals surface area contributed by atoms with E-state index in [0.717, 1.165) is 6.42 Å². The quantitative estimate of drug-likeness (QED) is 0.906. The van der Waals surface area contributed by atoms with Crippen molar-refractivity contribution in [2.75, 3.05) is 16.8 Å². The molecular formula is C19H19FN2O3. The fourth-order valence-electron chi connectivity index (χ4n) is 2.72. The summed E-state index contributed by atoms with van der Waals surface area (Å²) < 4.78 is 18.5. The Hall–Kier alpha value is -2.89. The topological polar surface area (TPSA) is 58.6 Å². The minimum Gasteiger partial charge on any atom is -0.481 e. The molecule has 1 fully saturated rings. The van der Waals surface area contributed by atoms with Crippen LogP contribution >= 0.6 is 0 Å². The number of amides is 2. The van der Waals surface area contributed by atoms with Gasteiger partial charge in [0.05, 0.1) is 11.4 Å². The molecule has 2 aromatic rings. The van der Waals surface area contributed by atoms with Crippen LogP contribution in [-0.2, 0) is 9.59 Å². The summed E-state index contributed by atoms with van der Waals surface area (Å²) in [5.74, 6) is -0.249. The van der Waals surface area contributed by atoms with Gasteiger partial charge in [-0.3, -0.25) is 9.59 Å². The minimum absolute atomic E-state index is 0.0531. The highest BCUT2D eigenvalue weighted by Crippen LogP contribution is 2.29. The van der Waals surface area contributed by atoms with Crippen LogP contribution in [0.4, 0.5) is 15.8 Å². The predicted octanol–water partition coefficient (Wildman–Crippen LogP) is 3.36. The van der Waals surface area contributed by atoms with E-state index in [1.54, 1.807) is 24.0 Å². The lowest BCUT2D eigenvalue weighted by atomic mass is 10.2. The number of anilines is 2. The van der Waals surface area contributed by atoms with Crippen molar-refractivity contribution in [2.24, 2.45) is 0 Å². The van der Waals surface area contributed by atoms with E-state index in [0.29, 0.717) is 30.1 Å². The molecule has 1 aliphatic heterocycles. The number of para-hydroxylation sites is 2. The summed E-state index contributed by atoms with van der Waals surface area (Å²) in [6.45, 7) is 2.26. The predicted molar refractivity (Wildman–Crippen MR) is 93.1 cm³/mol. The van der Waals surface area contributed by atoms with E-state index in [1.807, 2.05) is 12.1 Å². The number of nitrogens with zero attached hydrogens (tertiary/aromatic N) is 1. The van der Waals surface area contributed by atoms with Gasteiger partial charge in [0.25, 0.3) is 5.91 Å². The third kappa shape index (κ3) is 3.96. The van der Waals surface area contributed by atoms with Gasteiger partial charge in [-0.15, -0.1) is 0 Å². The molecule has 130 valence electrons. The average molecular weight is 342 g/mol. The molecule has 2 amide bonds. The molecule has 5 nitrogen and oxygen atoms in total. The number of carbonyl (C=O) groups is 2. The van der Waals surface area contributed by atoms with Crippen molar-refractivity contribution in [3.05, 3.63) is 54.3 Å². The highest BCUT2D eigenvalue weighted by atomic mass is 19.1. The van der Waals surface area contributed by atoms with E-state index >= 15 is 0 Å². The molecule has 1 N–H and O–H groups in total.